The lowest BCUT2D eigenvalue weighted by atomic mass is 10.1. The number of anilines is 2. The van der Waals surface area contributed by atoms with E-state index in [0.29, 0.717) is 40.5 Å². The summed E-state index contributed by atoms with van der Waals surface area (Å²) in [6.07, 6.45) is 3.08. The summed E-state index contributed by atoms with van der Waals surface area (Å²) >= 11 is 3.16. The van der Waals surface area contributed by atoms with Gasteiger partial charge in [0.2, 0.25) is 0 Å². The Kier molecular flexibility index (Phi) is 6.61. The van der Waals surface area contributed by atoms with Crippen LogP contribution in [0.15, 0.2) is 82.4 Å². The van der Waals surface area contributed by atoms with E-state index in [0.717, 1.165) is 0 Å². The molecule has 2 aromatic heterocycles. The average molecular weight is 496 g/mol. The van der Waals surface area contributed by atoms with Crippen LogP contribution in [0, 0.1) is 0 Å². The zero-order chi connectivity index (χ0) is 22.3. The van der Waals surface area contributed by atoms with Gasteiger partial charge >= 0.3 is 0 Å². The molecule has 2 aromatic carbocycles. The molecule has 2 heterocycles. The molecule has 0 radical (unpaired) electrons. The summed E-state index contributed by atoms with van der Waals surface area (Å²) < 4.78 is 13.1. The Morgan fingerprint density at radius 3 is 2.53 bits per heavy atom. The maximum atomic E-state index is 12.7. The van der Waals surface area contributed by atoms with Crippen molar-refractivity contribution in [2.45, 2.75) is 6.54 Å². The molecule has 0 bridgehead atoms. The smallest absolute Gasteiger partial charge is 0.291 e. The molecule has 0 unspecified atom stereocenters. The summed E-state index contributed by atoms with van der Waals surface area (Å²) in [6.45, 7) is 0.971. The van der Waals surface area contributed by atoms with E-state index < -0.39 is 5.91 Å². The van der Waals surface area contributed by atoms with Crippen molar-refractivity contribution in [2.75, 3.05) is 17.2 Å². The molecule has 0 saturated heterocycles. The third kappa shape index (κ3) is 5.61. The van der Waals surface area contributed by atoms with Gasteiger partial charge in [0, 0.05) is 23.0 Å². The molecule has 9 nitrogen and oxygen atoms in total. The molecule has 2 N–H and O–H groups in total. The van der Waals surface area contributed by atoms with E-state index in [1.807, 2.05) is 0 Å². The summed E-state index contributed by atoms with van der Waals surface area (Å²) in [4.78, 5) is 28.8. The SMILES string of the molecule is O=C(Nc1cccc(OCCn2cncn2)c1)c1cccc(NC(=O)c2ccc(Br)o2)c1. The number of rotatable bonds is 8. The fourth-order valence-corrected chi connectivity index (χ4v) is 3.15. The minimum Gasteiger partial charge on any atom is -0.492 e. The van der Waals surface area contributed by atoms with Crippen molar-refractivity contribution in [2.24, 2.45) is 0 Å². The van der Waals surface area contributed by atoms with E-state index in [1.165, 1.54) is 6.33 Å². The Balaban J connectivity index is 1.36. The number of carbonyl (C=O) groups is 2. The second kappa shape index (κ2) is 9.92. The van der Waals surface area contributed by atoms with Crippen LogP contribution >= 0.6 is 15.9 Å². The molecular formula is C22H18BrN5O4. The minimum absolute atomic E-state index is 0.160. The summed E-state index contributed by atoms with van der Waals surface area (Å²) in [5, 5.41) is 9.56. The second-order valence-electron chi connectivity index (χ2n) is 6.63. The summed E-state index contributed by atoms with van der Waals surface area (Å²) in [7, 11) is 0. The molecule has 0 aliphatic carbocycles. The number of nitrogens with zero attached hydrogens (tertiary/aromatic N) is 3. The maximum absolute atomic E-state index is 12.7. The fourth-order valence-electron chi connectivity index (χ4n) is 2.84. The monoisotopic (exact) mass is 495 g/mol. The Morgan fingerprint density at radius 1 is 1.00 bits per heavy atom. The second-order valence-corrected chi connectivity index (χ2v) is 7.41. The van der Waals surface area contributed by atoms with E-state index in [9.17, 15) is 9.59 Å². The van der Waals surface area contributed by atoms with Crippen LogP contribution in [-0.2, 0) is 6.54 Å². The number of nitrogens with one attached hydrogen (secondary N) is 2. The molecule has 0 atom stereocenters. The molecule has 32 heavy (non-hydrogen) atoms. The number of furan rings is 1. The third-order valence-electron chi connectivity index (χ3n) is 4.33. The van der Waals surface area contributed by atoms with Crippen molar-refractivity contribution < 1.29 is 18.7 Å². The first kappa shape index (κ1) is 21.3. The molecule has 0 spiro atoms. The van der Waals surface area contributed by atoms with Crippen LogP contribution in [0.5, 0.6) is 5.75 Å². The highest BCUT2D eigenvalue weighted by molar-refractivity contribution is 9.10. The van der Waals surface area contributed by atoms with Crippen LogP contribution in [0.3, 0.4) is 0 Å². The molecule has 0 fully saturated rings. The molecule has 2 amide bonds. The third-order valence-corrected chi connectivity index (χ3v) is 4.75. The number of ether oxygens (including phenoxy) is 1. The quantitative estimate of drug-likeness (QED) is 0.378. The largest absolute Gasteiger partial charge is 0.492 e. The zero-order valence-electron chi connectivity index (χ0n) is 16.7. The lowest BCUT2D eigenvalue weighted by Crippen LogP contribution is -2.14. The first-order valence-corrected chi connectivity index (χ1v) is 10.4. The van der Waals surface area contributed by atoms with Crippen LogP contribution in [-0.4, -0.2) is 33.2 Å². The van der Waals surface area contributed by atoms with Crippen LogP contribution in [0.1, 0.15) is 20.9 Å². The first-order valence-electron chi connectivity index (χ1n) is 9.60. The van der Waals surface area contributed by atoms with Gasteiger partial charge in [-0.2, -0.15) is 5.10 Å². The number of amides is 2. The van der Waals surface area contributed by atoms with E-state index in [4.69, 9.17) is 9.15 Å². The summed E-state index contributed by atoms with van der Waals surface area (Å²) in [5.41, 5.74) is 1.45. The molecular weight excluding hydrogens is 478 g/mol. The molecule has 0 aliphatic heterocycles. The van der Waals surface area contributed by atoms with E-state index in [1.54, 1.807) is 71.7 Å². The van der Waals surface area contributed by atoms with Gasteiger partial charge in [0.05, 0.1) is 6.54 Å². The maximum Gasteiger partial charge on any atom is 0.291 e. The average Bonchev–Trinajstić information content (AvgIpc) is 3.46. The van der Waals surface area contributed by atoms with E-state index >= 15 is 0 Å². The van der Waals surface area contributed by atoms with Gasteiger partial charge in [-0.1, -0.05) is 12.1 Å². The van der Waals surface area contributed by atoms with Crippen molar-refractivity contribution in [1.82, 2.24) is 14.8 Å². The van der Waals surface area contributed by atoms with Gasteiger partial charge in [0.25, 0.3) is 11.8 Å². The molecule has 10 heteroatoms. The fraction of sp³-hybridized carbons (Fsp3) is 0.0909. The van der Waals surface area contributed by atoms with Crippen molar-refractivity contribution in [3.63, 3.8) is 0 Å². The van der Waals surface area contributed by atoms with Gasteiger partial charge in [-0.3, -0.25) is 9.59 Å². The normalized spacial score (nSPS) is 10.5. The minimum atomic E-state index is -0.413. The molecule has 162 valence electrons. The van der Waals surface area contributed by atoms with Crippen molar-refractivity contribution in [1.29, 1.82) is 0 Å². The van der Waals surface area contributed by atoms with Gasteiger partial charge in [-0.25, -0.2) is 9.67 Å². The van der Waals surface area contributed by atoms with Gasteiger partial charge in [-0.15, -0.1) is 0 Å². The molecule has 0 saturated carbocycles. The Labute approximate surface area is 191 Å². The van der Waals surface area contributed by atoms with E-state index in [-0.39, 0.29) is 11.7 Å². The Morgan fingerprint density at radius 2 is 1.78 bits per heavy atom. The zero-order valence-corrected chi connectivity index (χ0v) is 18.3. The predicted molar refractivity (Wildman–Crippen MR) is 121 cm³/mol. The highest BCUT2D eigenvalue weighted by atomic mass is 79.9. The highest BCUT2D eigenvalue weighted by Crippen LogP contribution is 2.20. The van der Waals surface area contributed by atoms with Crippen LogP contribution < -0.4 is 15.4 Å². The number of carbonyl (C=O) groups excluding carboxylic acids is 2. The molecule has 4 rings (SSSR count). The predicted octanol–water partition coefficient (Wildman–Crippen LogP) is 4.22. The topological polar surface area (TPSA) is 111 Å². The Bertz CT molecular complexity index is 1220. The van der Waals surface area contributed by atoms with Crippen molar-refractivity contribution in [3.8, 4) is 5.75 Å². The van der Waals surface area contributed by atoms with Crippen molar-refractivity contribution >= 4 is 39.1 Å². The molecule has 0 aliphatic rings. The van der Waals surface area contributed by atoms with Gasteiger partial charge in [0.1, 0.15) is 25.0 Å². The number of hydrogen-bond donors (Lipinski definition) is 2. The van der Waals surface area contributed by atoms with E-state index in [2.05, 4.69) is 36.6 Å². The van der Waals surface area contributed by atoms with Gasteiger partial charge in [0.15, 0.2) is 10.4 Å². The first-order chi connectivity index (χ1) is 15.6. The van der Waals surface area contributed by atoms with Crippen LogP contribution in [0.25, 0.3) is 0 Å². The van der Waals surface area contributed by atoms with Crippen LogP contribution in [0.2, 0.25) is 0 Å². The lowest BCUT2D eigenvalue weighted by Gasteiger charge is -2.10. The standard InChI is InChI=1S/C22H18BrN5O4/c23-20-8-7-19(32-20)22(30)27-16-4-1-3-15(11-16)21(29)26-17-5-2-6-18(12-17)31-10-9-28-14-24-13-25-28/h1-8,11-14H,9-10H2,(H,26,29)(H,27,30). The number of benzene rings is 2. The Hall–Kier alpha value is -3.92. The number of halogens is 1. The summed E-state index contributed by atoms with van der Waals surface area (Å²) in [5.74, 6) is 0.0477. The van der Waals surface area contributed by atoms with Gasteiger partial charge in [-0.05, 0) is 58.4 Å². The number of hydrogen-bond acceptors (Lipinski definition) is 6. The number of aromatic nitrogens is 3. The highest BCUT2D eigenvalue weighted by Gasteiger charge is 2.13. The molecule has 4 aromatic rings. The van der Waals surface area contributed by atoms with Crippen LogP contribution in [0.4, 0.5) is 11.4 Å². The summed E-state index contributed by atoms with van der Waals surface area (Å²) in [6, 6.07) is 16.9. The lowest BCUT2D eigenvalue weighted by molar-refractivity contribution is 0.0992. The van der Waals surface area contributed by atoms with Crippen molar-refractivity contribution in [3.05, 3.63) is 89.3 Å². The van der Waals surface area contributed by atoms with Gasteiger partial charge < -0.3 is 19.8 Å².